The molecule has 0 aliphatic heterocycles. The molecule has 0 saturated carbocycles. The molecule has 3 N–H and O–H groups in total. The quantitative estimate of drug-likeness (QED) is 0.569. The Kier molecular flexibility index (Phi) is 6.42. The van der Waals surface area contributed by atoms with Crippen molar-refractivity contribution < 1.29 is 14.3 Å². The zero-order valence-corrected chi connectivity index (χ0v) is 16.2. The first-order chi connectivity index (χ1) is 14.0. The van der Waals surface area contributed by atoms with E-state index >= 15 is 0 Å². The van der Waals surface area contributed by atoms with Gasteiger partial charge < -0.3 is 20.7 Å². The van der Waals surface area contributed by atoms with Gasteiger partial charge in [0, 0.05) is 24.8 Å². The maximum atomic E-state index is 12.4. The summed E-state index contributed by atoms with van der Waals surface area (Å²) >= 11 is 0. The number of pyridine rings is 1. The lowest BCUT2D eigenvalue weighted by Crippen LogP contribution is -2.14. The summed E-state index contributed by atoms with van der Waals surface area (Å²) in [6.07, 6.45) is 1.62. The molecule has 0 aliphatic rings. The van der Waals surface area contributed by atoms with Gasteiger partial charge in [-0.15, -0.1) is 0 Å². The van der Waals surface area contributed by atoms with Crippen molar-refractivity contribution in [1.82, 2.24) is 4.98 Å². The van der Waals surface area contributed by atoms with E-state index in [1.165, 1.54) is 6.92 Å². The van der Waals surface area contributed by atoms with Crippen LogP contribution in [0.25, 0.3) is 0 Å². The molecule has 148 valence electrons. The van der Waals surface area contributed by atoms with Crippen molar-refractivity contribution in [1.29, 1.82) is 0 Å². The summed E-state index contributed by atoms with van der Waals surface area (Å²) in [6, 6.07) is 18.2. The second-order valence-electron chi connectivity index (χ2n) is 6.35. The van der Waals surface area contributed by atoms with Gasteiger partial charge in [-0.2, -0.15) is 0 Å². The highest BCUT2D eigenvalue weighted by Crippen LogP contribution is 2.17. The molecule has 2 amide bonds. The standard InChI is InChI=1S/C22H22N4O3/c1-15(27)25-17-4-3-5-18(12-17)26-22(28)21-11-8-19(14-24-21)23-13-16-6-9-20(29-2)10-7-16/h3-12,14,23H,13H2,1-2H3,(H,25,27)(H,26,28). The third-order valence-electron chi connectivity index (χ3n) is 4.09. The molecule has 1 heterocycles. The lowest BCUT2D eigenvalue weighted by atomic mass is 10.2. The van der Waals surface area contributed by atoms with Gasteiger partial charge in [-0.3, -0.25) is 9.59 Å². The van der Waals surface area contributed by atoms with E-state index in [1.54, 1.807) is 49.7 Å². The zero-order valence-electron chi connectivity index (χ0n) is 16.2. The van der Waals surface area contributed by atoms with Crippen LogP contribution in [0.3, 0.4) is 0 Å². The van der Waals surface area contributed by atoms with Crippen LogP contribution in [0.1, 0.15) is 23.0 Å². The van der Waals surface area contributed by atoms with Crippen LogP contribution in [0.4, 0.5) is 17.1 Å². The number of nitrogens with zero attached hydrogens (tertiary/aromatic N) is 1. The molecule has 0 saturated heterocycles. The molecule has 0 radical (unpaired) electrons. The van der Waals surface area contributed by atoms with Gasteiger partial charge in [-0.1, -0.05) is 18.2 Å². The fourth-order valence-electron chi connectivity index (χ4n) is 2.65. The van der Waals surface area contributed by atoms with Crippen LogP contribution in [0.5, 0.6) is 5.75 Å². The van der Waals surface area contributed by atoms with Crippen LogP contribution in [-0.4, -0.2) is 23.9 Å². The Morgan fingerprint density at radius 3 is 2.28 bits per heavy atom. The Labute approximate surface area is 169 Å². The van der Waals surface area contributed by atoms with E-state index in [4.69, 9.17) is 4.74 Å². The van der Waals surface area contributed by atoms with Crippen molar-refractivity contribution in [2.45, 2.75) is 13.5 Å². The molecule has 0 spiro atoms. The minimum absolute atomic E-state index is 0.173. The lowest BCUT2D eigenvalue weighted by molar-refractivity contribution is -0.114. The van der Waals surface area contributed by atoms with Gasteiger partial charge in [-0.05, 0) is 48.0 Å². The van der Waals surface area contributed by atoms with Gasteiger partial charge in [0.1, 0.15) is 11.4 Å². The fraction of sp³-hybridized carbons (Fsp3) is 0.136. The van der Waals surface area contributed by atoms with Crippen LogP contribution < -0.4 is 20.7 Å². The van der Waals surface area contributed by atoms with Crippen molar-refractivity contribution in [2.24, 2.45) is 0 Å². The Balaban J connectivity index is 1.57. The minimum atomic E-state index is -0.327. The molecule has 0 fully saturated rings. The van der Waals surface area contributed by atoms with Crippen LogP contribution in [0.2, 0.25) is 0 Å². The summed E-state index contributed by atoms with van der Waals surface area (Å²) in [5.41, 5.74) is 3.40. The minimum Gasteiger partial charge on any atom is -0.497 e. The van der Waals surface area contributed by atoms with Crippen LogP contribution in [-0.2, 0) is 11.3 Å². The number of methoxy groups -OCH3 is 1. The smallest absolute Gasteiger partial charge is 0.274 e. The second-order valence-corrected chi connectivity index (χ2v) is 6.35. The van der Waals surface area contributed by atoms with Gasteiger partial charge in [0.25, 0.3) is 5.91 Å². The van der Waals surface area contributed by atoms with E-state index in [0.29, 0.717) is 23.6 Å². The van der Waals surface area contributed by atoms with E-state index in [-0.39, 0.29) is 11.8 Å². The average Bonchev–Trinajstić information content (AvgIpc) is 2.73. The third-order valence-corrected chi connectivity index (χ3v) is 4.09. The molecule has 1 aromatic heterocycles. The van der Waals surface area contributed by atoms with Gasteiger partial charge in [0.15, 0.2) is 0 Å². The third kappa shape index (κ3) is 5.80. The molecule has 0 bridgehead atoms. The van der Waals surface area contributed by atoms with Gasteiger partial charge in [0.2, 0.25) is 5.91 Å². The Hall–Kier alpha value is -3.87. The van der Waals surface area contributed by atoms with E-state index < -0.39 is 0 Å². The fourth-order valence-corrected chi connectivity index (χ4v) is 2.65. The number of carbonyl (C=O) groups excluding carboxylic acids is 2. The molecule has 0 atom stereocenters. The Morgan fingerprint density at radius 1 is 0.931 bits per heavy atom. The van der Waals surface area contributed by atoms with E-state index in [0.717, 1.165) is 17.0 Å². The van der Waals surface area contributed by atoms with Crippen molar-refractivity contribution in [2.75, 3.05) is 23.1 Å². The number of ether oxygens (including phenoxy) is 1. The number of hydrogen-bond donors (Lipinski definition) is 3. The topological polar surface area (TPSA) is 92.4 Å². The molecule has 0 unspecified atom stereocenters. The number of hydrogen-bond acceptors (Lipinski definition) is 5. The molecule has 3 rings (SSSR count). The van der Waals surface area contributed by atoms with Gasteiger partial charge in [0.05, 0.1) is 19.0 Å². The van der Waals surface area contributed by atoms with Crippen LogP contribution in [0, 0.1) is 0 Å². The second kappa shape index (κ2) is 9.36. The summed E-state index contributed by atoms with van der Waals surface area (Å²) < 4.78 is 5.15. The monoisotopic (exact) mass is 390 g/mol. The predicted octanol–water partition coefficient (Wildman–Crippen LogP) is 3.91. The van der Waals surface area contributed by atoms with Crippen LogP contribution in [0.15, 0.2) is 66.9 Å². The highest BCUT2D eigenvalue weighted by molar-refractivity contribution is 6.03. The molecular weight excluding hydrogens is 368 g/mol. The summed E-state index contributed by atoms with van der Waals surface area (Å²) in [7, 11) is 1.64. The number of nitrogens with one attached hydrogen (secondary N) is 3. The van der Waals surface area contributed by atoms with Crippen LogP contribution >= 0.6 is 0 Å². The average molecular weight is 390 g/mol. The highest BCUT2D eigenvalue weighted by atomic mass is 16.5. The normalized spacial score (nSPS) is 10.1. The van der Waals surface area contributed by atoms with Gasteiger partial charge in [-0.25, -0.2) is 4.98 Å². The molecule has 7 heteroatoms. The van der Waals surface area contributed by atoms with Gasteiger partial charge >= 0.3 is 0 Å². The van der Waals surface area contributed by atoms with Crippen molar-refractivity contribution >= 4 is 28.9 Å². The van der Waals surface area contributed by atoms with E-state index in [1.807, 2.05) is 24.3 Å². The van der Waals surface area contributed by atoms with Crippen molar-refractivity contribution in [3.63, 3.8) is 0 Å². The van der Waals surface area contributed by atoms with Crippen molar-refractivity contribution in [3.05, 3.63) is 78.1 Å². The zero-order chi connectivity index (χ0) is 20.6. The number of aromatic nitrogens is 1. The first-order valence-electron chi connectivity index (χ1n) is 9.05. The van der Waals surface area contributed by atoms with Crippen molar-refractivity contribution in [3.8, 4) is 5.75 Å². The number of rotatable bonds is 7. The number of benzene rings is 2. The number of anilines is 3. The molecule has 29 heavy (non-hydrogen) atoms. The largest absolute Gasteiger partial charge is 0.497 e. The maximum absolute atomic E-state index is 12.4. The highest BCUT2D eigenvalue weighted by Gasteiger charge is 2.08. The Morgan fingerprint density at radius 2 is 1.66 bits per heavy atom. The summed E-state index contributed by atoms with van der Waals surface area (Å²) in [4.78, 5) is 27.8. The first-order valence-corrected chi connectivity index (χ1v) is 9.05. The lowest BCUT2D eigenvalue weighted by Gasteiger charge is -2.09. The van der Waals surface area contributed by atoms with E-state index in [2.05, 4.69) is 20.9 Å². The molecule has 0 aliphatic carbocycles. The summed E-state index contributed by atoms with van der Waals surface area (Å²) in [6.45, 7) is 2.06. The molecule has 2 aromatic carbocycles. The maximum Gasteiger partial charge on any atom is 0.274 e. The summed E-state index contributed by atoms with van der Waals surface area (Å²) in [5, 5.41) is 8.72. The first kappa shape index (κ1) is 19.9. The number of carbonyl (C=O) groups is 2. The summed E-state index contributed by atoms with van der Waals surface area (Å²) in [5.74, 6) is 0.313. The SMILES string of the molecule is COc1ccc(CNc2ccc(C(=O)Nc3cccc(NC(C)=O)c3)nc2)cc1. The molecular formula is C22H22N4O3. The predicted molar refractivity (Wildman–Crippen MR) is 113 cm³/mol. The molecule has 7 nitrogen and oxygen atoms in total. The Bertz CT molecular complexity index is 986. The number of amides is 2. The van der Waals surface area contributed by atoms with E-state index in [9.17, 15) is 9.59 Å². The molecule has 3 aromatic rings.